The Hall–Kier alpha value is -2.94. The monoisotopic (exact) mass is 413 g/mol. The molecule has 0 N–H and O–H groups in total. The van der Waals surface area contributed by atoms with Gasteiger partial charge in [0.25, 0.3) is 11.5 Å². The quantitative estimate of drug-likeness (QED) is 0.748. The Kier molecular flexibility index (Phi) is 5.98. The average Bonchev–Trinajstić information content (AvgIpc) is 2.79. The van der Waals surface area contributed by atoms with Crippen molar-refractivity contribution in [1.82, 2.24) is 24.1 Å². The lowest BCUT2D eigenvalue weighted by Gasteiger charge is -2.43. The Morgan fingerprint density at radius 3 is 2.70 bits per heavy atom. The fourth-order valence-corrected chi connectivity index (χ4v) is 4.27. The second-order valence-electron chi connectivity index (χ2n) is 7.68. The van der Waals surface area contributed by atoms with Crippen LogP contribution < -0.4 is 5.56 Å². The van der Waals surface area contributed by atoms with Crippen molar-refractivity contribution < 1.29 is 14.3 Å². The number of carbonyl (C=O) groups is 2. The molecule has 2 fully saturated rings. The molecular formula is C21H27N5O4. The number of aromatic nitrogens is 2. The van der Waals surface area contributed by atoms with Crippen LogP contribution in [0.1, 0.15) is 30.1 Å². The maximum Gasteiger partial charge on any atom is 0.409 e. The number of fused-ring (bicyclic) bond motifs is 1. The van der Waals surface area contributed by atoms with Gasteiger partial charge < -0.3 is 14.5 Å². The number of nitrogens with zero attached hydrogens (tertiary/aromatic N) is 5. The average molecular weight is 413 g/mol. The SMILES string of the molecule is CCOC(=O)N1CCN([C@H]2CCCN(C(=O)c3cnc4ccccn4c3=O)C2)CC1. The van der Waals surface area contributed by atoms with E-state index in [1.54, 1.807) is 41.1 Å². The standard InChI is InChI=1S/C21H27N5O4/c1-2-30-21(29)24-12-10-23(11-13-24)16-6-5-8-25(15-16)19(27)17-14-22-18-7-3-4-9-26(18)20(17)28/h3-4,7,9,14,16H,2,5-6,8,10-13,15H2,1H3/t16-/m0/s1. The molecule has 4 heterocycles. The van der Waals surface area contributed by atoms with E-state index >= 15 is 0 Å². The molecule has 0 aromatic carbocycles. The number of carbonyl (C=O) groups excluding carboxylic acids is 2. The Bertz CT molecular complexity index is 983. The number of likely N-dealkylation sites (tertiary alicyclic amines) is 1. The van der Waals surface area contributed by atoms with Crippen LogP contribution in [0.3, 0.4) is 0 Å². The predicted molar refractivity (Wildman–Crippen MR) is 111 cm³/mol. The van der Waals surface area contributed by atoms with Gasteiger partial charge in [0.1, 0.15) is 11.2 Å². The van der Waals surface area contributed by atoms with Gasteiger partial charge in [0.15, 0.2) is 0 Å². The van der Waals surface area contributed by atoms with E-state index in [1.165, 1.54) is 10.6 Å². The second-order valence-corrected chi connectivity index (χ2v) is 7.68. The third-order valence-corrected chi connectivity index (χ3v) is 5.88. The van der Waals surface area contributed by atoms with E-state index in [0.29, 0.717) is 38.4 Å². The second kappa shape index (κ2) is 8.83. The van der Waals surface area contributed by atoms with Crippen molar-refractivity contribution in [1.29, 1.82) is 0 Å². The molecule has 9 nitrogen and oxygen atoms in total. The van der Waals surface area contributed by atoms with Gasteiger partial charge in [-0.05, 0) is 31.9 Å². The Morgan fingerprint density at radius 2 is 1.93 bits per heavy atom. The first-order valence-corrected chi connectivity index (χ1v) is 10.5. The number of rotatable bonds is 3. The summed E-state index contributed by atoms with van der Waals surface area (Å²) in [6.45, 7) is 6.15. The topological polar surface area (TPSA) is 87.5 Å². The zero-order chi connectivity index (χ0) is 21.1. The summed E-state index contributed by atoms with van der Waals surface area (Å²) in [5.74, 6) is -0.263. The van der Waals surface area contributed by atoms with Crippen molar-refractivity contribution in [3.63, 3.8) is 0 Å². The van der Waals surface area contributed by atoms with E-state index in [0.717, 1.165) is 25.9 Å². The first-order valence-electron chi connectivity index (χ1n) is 10.5. The van der Waals surface area contributed by atoms with Gasteiger partial charge in [0.2, 0.25) is 0 Å². The minimum atomic E-state index is -0.337. The third kappa shape index (κ3) is 4.02. The van der Waals surface area contributed by atoms with E-state index < -0.39 is 0 Å². The van der Waals surface area contributed by atoms with Crippen LogP contribution in [0.15, 0.2) is 35.4 Å². The fourth-order valence-electron chi connectivity index (χ4n) is 4.27. The van der Waals surface area contributed by atoms with E-state index in [-0.39, 0.29) is 29.2 Å². The lowest BCUT2D eigenvalue weighted by Crippen LogP contribution is -2.56. The molecule has 2 aliphatic heterocycles. The number of piperidine rings is 1. The number of pyridine rings is 1. The maximum atomic E-state index is 13.1. The molecule has 4 rings (SSSR count). The van der Waals surface area contributed by atoms with Gasteiger partial charge in [-0.15, -0.1) is 0 Å². The number of ether oxygens (including phenoxy) is 1. The van der Waals surface area contributed by atoms with Crippen LogP contribution in [-0.4, -0.2) is 88.0 Å². The molecular weight excluding hydrogens is 386 g/mol. The van der Waals surface area contributed by atoms with E-state index in [2.05, 4.69) is 9.88 Å². The fraction of sp³-hybridized carbons (Fsp3) is 0.524. The summed E-state index contributed by atoms with van der Waals surface area (Å²) < 4.78 is 6.49. The van der Waals surface area contributed by atoms with Crippen LogP contribution in [0.2, 0.25) is 0 Å². The maximum absolute atomic E-state index is 13.1. The van der Waals surface area contributed by atoms with Crippen LogP contribution >= 0.6 is 0 Å². The third-order valence-electron chi connectivity index (χ3n) is 5.88. The van der Waals surface area contributed by atoms with Gasteiger partial charge in [-0.25, -0.2) is 9.78 Å². The van der Waals surface area contributed by atoms with Crippen molar-refractivity contribution in [3.8, 4) is 0 Å². The molecule has 0 aliphatic carbocycles. The minimum absolute atomic E-state index is 0.103. The molecule has 160 valence electrons. The Morgan fingerprint density at radius 1 is 1.13 bits per heavy atom. The molecule has 9 heteroatoms. The van der Waals surface area contributed by atoms with Gasteiger partial charge in [0, 0.05) is 57.7 Å². The molecule has 0 radical (unpaired) electrons. The smallest absolute Gasteiger partial charge is 0.409 e. The number of hydrogen-bond acceptors (Lipinski definition) is 6. The molecule has 2 aliphatic rings. The summed E-state index contributed by atoms with van der Waals surface area (Å²) in [5.41, 5.74) is 0.289. The van der Waals surface area contributed by atoms with Crippen LogP contribution in [-0.2, 0) is 4.74 Å². The van der Waals surface area contributed by atoms with Crippen molar-refractivity contribution in [2.24, 2.45) is 0 Å². The summed E-state index contributed by atoms with van der Waals surface area (Å²) in [6, 6.07) is 5.52. The van der Waals surface area contributed by atoms with E-state index in [1.807, 2.05) is 0 Å². The van der Waals surface area contributed by atoms with Crippen molar-refractivity contribution in [2.45, 2.75) is 25.8 Å². The molecule has 0 spiro atoms. The summed E-state index contributed by atoms with van der Waals surface area (Å²) in [5, 5.41) is 0. The van der Waals surface area contributed by atoms with Crippen LogP contribution in [0.25, 0.3) is 5.65 Å². The Labute approximate surface area is 174 Å². The van der Waals surface area contributed by atoms with Gasteiger partial charge in [-0.1, -0.05) is 6.07 Å². The highest BCUT2D eigenvalue weighted by Gasteiger charge is 2.32. The van der Waals surface area contributed by atoms with Crippen molar-refractivity contribution in [2.75, 3.05) is 45.9 Å². The van der Waals surface area contributed by atoms with Gasteiger partial charge in [-0.3, -0.25) is 18.9 Å². The normalized spacial score (nSPS) is 20.4. The molecule has 2 amide bonds. The number of piperazine rings is 1. The van der Waals surface area contributed by atoms with Crippen molar-refractivity contribution in [3.05, 3.63) is 46.5 Å². The molecule has 2 saturated heterocycles. The largest absolute Gasteiger partial charge is 0.450 e. The molecule has 2 aromatic rings. The zero-order valence-corrected chi connectivity index (χ0v) is 17.2. The zero-order valence-electron chi connectivity index (χ0n) is 17.2. The van der Waals surface area contributed by atoms with Gasteiger partial charge >= 0.3 is 6.09 Å². The molecule has 2 aromatic heterocycles. The number of amides is 2. The predicted octanol–water partition coefficient (Wildman–Crippen LogP) is 1.07. The highest BCUT2D eigenvalue weighted by atomic mass is 16.6. The molecule has 0 bridgehead atoms. The van der Waals surface area contributed by atoms with Gasteiger partial charge in [-0.2, -0.15) is 0 Å². The first kappa shape index (κ1) is 20.3. The summed E-state index contributed by atoms with van der Waals surface area (Å²) in [4.78, 5) is 47.8. The van der Waals surface area contributed by atoms with Crippen molar-refractivity contribution >= 4 is 17.6 Å². The van der Waals surface area contributed by atoms with E-state index in [4.69, 9.17) is 4.74 Å². The summed E-state index contributed by atoms with van der Waals surface area (Å²) >= 11 is 0. The minimum Gasteiger partial charge on any atom is -0.450 e. The van der Waals surface area contributed by atoms with E-state index in [9.17, 15) is 14.4 Å². The lowest BCUT2D eigenvalue weighted by atomic mass is 10.0. The first-order chi connectivity index (χ1) is 14.6. The van der Waals surface area contributed by atoms with Gasteiger partial charge in [0.05, 0.1) is 6.61 Å². The van der Waals surface area contributed by atoms with Crippen LogP contribution in [0.4, 0.5) is 4.79 Å². The molecule has 0 saturated carbocycles. The summed E-state index contributed by atoms with van der Waals surface area (Å²) in [6.07, 6.45) is 4.64. The molecule has 30 heavy (non-hydrogen) atoms. The Balaban J connectivity index is 1.42. The number of hydrogen-bond donors (Lipinski definition) is 0. The highest BCUT2D eigenvalue weighted by Crippen LogP contribution is 2.19. The lowest BCUT2D eigenvalue weighted by molar-refractivity contribution is 0.0377. The summed E-state index contributed by atoms with van der Waals surface area (Å²) in [7, 11) is 0. The highest BCUT2D eigenvalue weighted by molar-refractivity contribution is 5.93. The van der Waals surface area contributed by atoms with Crippen LogP contribution in [0, 0.1) is 0 Å². The van der Waals surface area contributed by atoms with Crippen LogP contribution in [0.5, 0.6) is 0 Å². The molecule has 1 atom stereocenters. The molecule has 0 unspecified atom stereocenters.